The largest absolute Gasteiger partial charge is 0.507 e. The van der Waals surface area contributed by atoms with Crippen molar-refractivity contribution in [3.05, 3.63) is 90.3 Å². The van der Waals surface area contributed by atoms with E-state index >= 15 is 0 Å². The Morgan fingerprint density at radius 3 is 1.84 bits per heavy atom. The van der Waals surface area contributed by atoms with E-state index in [1.165, 1.54) is 17.5 Å². The molecule has 2 atom stereocenters. The third kappa shape index (κ3) is 6.80. The van der Waals surface area contributed by atoms with Crippen molar-refractivity contribution in [1.82, 2.24) is 9.80 Å². The number of hydrogen-bond donors (Lipinski definition) is 1. The smallest absolute Gasteiger partial charge is 0.129 e. The standard InChI is InChI=1S/C18H20N2O.C12H17N.C2H5.V/c21-17-15(14-6-2-1-3-7-14)8-4-9-16(17)18-19-10-5-11-20(18)13-12-19;1-8(2)10-6-5-7-11(9(3)4)12(10)13;1-2;/h1-4,6-9,18,21H,5,10-13H2;5-9H,1-4H3;1H2,2H3;/q;;-1;+2. The molecule has 5 heteroatoms. The second kappa shape index (κ2) is 14.1. The molecule has 3 aromatic carbocycles. The summed E-state index contributed by atoms with van der Waals surface area (Å²) in [5.41, 5.74) is 6.91. The molecule has 0 amide bonds. The van der Waals surface area contributed by atoms with Gasteiger partial charge in [-0.1, -0.05) is 48.5 Å². The Labute approximate surface area is 233 Å². The summed E-state index contributed by atoms with van der Waals surface area (Å²) in [6, 6.07) is 22.7. The molecular weight excluding hydrogens is 493 g/mol. The topological polar surface area (TPSA) is 39.1 Å². The first-order valence-corrected chi connectivity index (χ1v) is 14.1. The number of aromatic hydroxyl groups is 1. The van der Waals surface area contributed by atoms with Crippen LogP contribution in [0.3, 0.4) is 0 Å². The number of rotatable bonds is 5. The summed E-state index contributed by atoms with van der Waals surface area (Å²) in [7, 11) is 0. The van der Waals surface area contributed by atoms with Crippen LogP contribution in [0.5, 0.6) is 5.75 Å². The van der Waals surface area contributed by atoms with Crippen molar-refractivity contribution in [1.29, 1.82) is 0 Å². The van der Waals surface area contributed by atoms with E-state index in [1.807, 2.05) is 24.3 Å². The van der Waals surface area contributed by atoms with Crippen LogP contribution in [0.15, 0.2) is 70.5 Å². The van der Waals surface area contributed by atoms with E-state index < -0.39 is 0 Å². The molecule has 5 rings (SSSR count). The molecule has 3 aromatic rings. The number of fused-ring (bicyclic) bond motifs is 2. The molecule has 0 aliphatic carbocycles. The van der Waals surface area contributed by atoms with Crippen molar-refractivity contribution < 1.29 is 22.3 Å². The SMILES string of the molecule is CC(C)c1cccc(C(C)C)c1[N]=[V+2].Oc1c(-c2ccccc2)cccc1C1N2CCCN1CC2.[CH2-]C. The summed E-state index contributed by atoms with van der Waals surface area (Å²) in [5.74, 6) is 1.51. The van der Waals surface area contributed by atoms with Crippen LogP contribution in [-0.4, -0.2) is 41.1 Å². The summed E-state index contributed by atoms with van der Waals surface area (Å²) in [6.07, 6.45) is 1.48. The van der Waals surface area contributed by atoms with Gasteiger partial charge in [-0.25, -0.2) is 0 Å². The third-order valence-electron chi connectivity index (χ3n) is 7.13. The van der Waals surface area contributed by atoms with Crippen LogP contribution in [0, 0.1) is 6.92 Å². The predicted octanol–water partition coefficient (Wildman–Crippen LogP) is 8.21. The van der Waals surface area contributed by atoms with Crippen LogP contribution < -0.4 is 0 Å². The maximum absolute atomic E-state index is 10.8. The molecule has 2 unspecified atom stereocenters. The van der Waals surface area contributed by atoms with Gasteiger partial charge < -0.3 is 12.0 Å². The summed E-state index contributed by atoms with van der Waals surface area (Å²) >= 11 is 2.33. The summed E-state index contributed by atoms with van der Waals surface area (Å²) in [6.45, 7) is 18.3. The second-order valence-corrected chi connectivity index (χ2v) is 10.4. The molecular formula is C32H42N3OV+. The molecule has 2 bridgehead atoms. The van der Waals surface area contributed by atoms with Gasteiger partial charge in [-0.15, -0.1) is 0 Å². The molecule has 2 aliphatic rings. The number of phenols is 1. The Morgan fingerprint density at radius 1 is 0.784 bits per heavy atom. The van der Waals surface area contributed by atoms with E-state index in [1.54, 1.807) is 6.92 Å². The van der Waals surface area contributed by atoms with Gasteiger partial charge in [0.05, 0.1) is 6.17 Å². The van der Waals surface area contributed by atoms with E-state index in [2.05, 4.69) is 108 Å². The van der Waals surface area contributed by atoms with Gasteiger partial charge in [-0.3, -0.25) is 9.80 Å². The van der Waals surface area contributed by atoms with Gasteiger partial charge in [0.25, 0.3) is 0 Å². The van der Waals surface area contributed by atoms with Crippen molar-refractivity contribution in [2.24, 2.45) is 3.79 Å². The molecule has 0 saturated carbocycles. The minimum atomic E-state index is 0.252. The fourth-order valence-electron chi connectivity index (χ4n) is 5.32. The van der Waals surface area contributed by atoms with Gasteiger partial charge in [0.1, 0.15) is 5.75 Å². The Bertz CT molecular complexity index is 1100. The number of para-hydroxylation sites is 1. The molecule has 2 heterocycles. The predicted molar refractivity (Wildman–Crippen MR) is 152 cm³/mol. The van der Waals surface area contributed by atoms with Crippen molar-refractivity contribution in [3.63, 3.8) is 0 Å². The first-order valence-electron chi connectivity index (χ1n) is 13.5. The van der Waals surface area contributed by atoms with E-state index in [0.29, 0.717) is 17.6 Å². The van der Waals surface area contributed by atoms with Crippen molar-refractivity contribution in [2.45, 2.75) is 59.0 Å². The molecule has 37 heavy (non-hydrogen) atoms. The van der Waals surface area contributed by atoms with E-state index in [0.717, 1.165) is 48.6 Å². The number of phenolic OH excluding ortho intramolecular Hbond substituents is 1. The Balaban J connectivity index is 0.000000208. The molecule has 2 fully saturated rings. The molecule has 0 aromatic heterocycles. The fourth-order valence-corrected chi connectivity index (χ4v) is 5.68. The van der Waals surface area contributed by atoms with Crippen LogP contribution in [0.2, 0.25) is 0 Å². The first kappa shape index (κ1) is 29.3. The van der Waals surface area contributed by atoms with Gasteiger partial charge in [0.2, 0.25) is 0 Å². The van der Waals surface area contributed by atoms with E-state index in [-0.39, 0.29) is 6.17 Å². The number of benzene rings is 3. The van der Waals surface area contributed by atoms with E-state index in [9.17, 15) is 5.11 Å². The molecule has 2 aliphatic heterocycles. The van der Waals surface area contributed by atoms with Crippen LogP contribution in [0.1, 0.15) is 75.7 Å². The zero-order valence-corrected chi connectivity index (χ0v) is 24.5. The Hall–Kier alpha value is -2.24. The molecule has 2 saturated heterocycles. The number of nitrogens with zero attached hydrogens (tertiary/aromatic N) is 3. The summed E-state index contributed by atoms with van der Waals surface area (Å²) in [5, 5.41) is 10.8. The summed E-state index contributed by atoms with van der Waals surface area (Å²) < 4.78 is 4.35. The minimum absolute atomic E-state index is 0.252. The van der Waals surface area contributed by atoms with Crippen molar-refractivity contribution in [3.8, 4) is 16.9 Å². The van der Waals surface area contributed by atoms with Gasteiger partial charge in [-0.2, -0.15) is 6.92 Å². The van der Waals surface area contributed by atoms with Gasteiger partial charge in [-0.05, 0) is 12.0 Å². The minimum Gasteiger partial charge on any atom is -0.507 e. The van der Waals surface area contributed by atoms with Crippen LogP contribution >= 0.6 is 0 Å². The first-order chi connectivity index (χ1) is 17.9. The average molecular weight is 536 g/mol. The maximum Gasteiger partial charge on any atom is 0.129 e. The second-order valence-electron chi connectivity index (χ2n) is 10.1. The van der Waals surface area contributed by atoms with Crippen molar-refractivity contribution >= 4 is 5.69 Å². The van der Waals surface area contributed by atoms with Crippen LogP contribution in [-0.2, 0) is 17.2 Å². The summed E-state index contributed by atoms with van der Waals surface area (Å²) in [4.78, 5) is 4.96. The van der Waals surface area contributed by atoms with E-state index in [4.69, 9.17) is 0 Å². The average Bonchev–Trinajstić information content (AvgIpc) is 3.17. The zero-order chi connectivity index (χ0) is 26.9. The molecule has 195 valence electrons. The van der Waals surface area contributed by atoms with Gasteiger partial charge in [0.15, 0.2) is 0 Å². The fraction of sp³-hybridized carbons (Fsp3) is 0.406. The molecule has 1 N–H and O–H groups in total. The monoisotopic (exact) mass is 535 g/mol. The molecule has 4 nitrogen and oxygen atoms in total. The maximum atomic E-state index is 10.8. The van der Waals surface area contributed by atoms with Gasteiger partial charge in [0, 0.05) is 37.3 Å². The quantitative estimate of drug-likeness (QED) is 0.335. The van der Waals surface area contributed by atoms with Gasteiger partial charge >= 0.3 is 95.6 Å². The molecule has 0 radical (unpaired) electrons. The van der Waals surface area contributed by atoms with Crippen LogP contribution in [0.4, 0.5) is 5.69 Å². The van der Waals surface area contributed by atoms with Crippen LogP contribution in [0.25, 0.3) is 11.1 Å². The third-order valence-corrected chi connectivity index (χ3v) is 7.44. The van der Waals surface area contributed by atoms with Crippen molar-refractivity contribution in [2.75, 3.05) is 26.2 Å². The Kier molecular flexibility index (Phi) is 11.1. The zero-order valence-electron chi connectivity index (χ0n) is 23.1. The molecule has 0 spiro atoms. The Morgan fingerprint density at radius 2 is 1.32 bits per heavy atom. The number of hydrogen-bond acceptors (Lipinski definition) is 4. The normalized spacial score (nSPS) is 20.1.